The Balaban J connectivity index is 1.71. The van der Waals surface area contributed by atoms with E-state index in [2.05, 4.69) is 36.8 Å². The summed E-state index contributed by atoms with van der Waals surface area (Å²) in [4.78, 5) is 12.4. The fourth-order valence-corrected chi connectivity index (χ4v) is 3.27. The zero-order valence-corrected chi connectivity index (χ0v) is 16.2. The van der Waals surface area contributed by atoms with Crippen molar-refractivity contribution in [2.24, 2.45) is 0 Å². The second-order valence-electron chi connectivity index (χ2n) is 5.11. The van der Waals surface area contributed by atoms with Gasteiger partial charge < -0.3 is 5.32 Å². The zero-order valence-electron chi connectivity index (χ0n) is 13.1. The molecule has 2 aromatic carbocycles. The molecule has 1 unspecified atom stereocenters. The molecule has 0 radical (unpaired) electrons. The first-order valence-corrected chi connectivity index (χ1v) is 9.35. The van der Waals surface area contributed by atoms with Crippen LogP contribution in [0, 0.1) is 0 Å². The molecule has 0 aliphatic rings. The van der Waals surface area contributed by atoms with Crippen LogP contribution in [0.5, 0.6) is 0 Å². The normalized spacial score (nSPS) is 12.0. The van der Waals surface area contributed by atoms with Crippen molar-refractivity contribution < 1.29 is 4.79 Å². The monoisotopic (exact) mass is 437 g/mol. The number of rotatable bonds is 5. The van der Waals surface area contributed by atoms with E-state index in [4.69, 9.17) is 11.6 Å². The lowest BCUT2D eigenvalue weighted by Crippen LogP contribution is -2.22. The maximum absolute atomic E-state index is 12.4. The van der Waals surface area contributed by atoms with Crippen LogP contribution in [-0.4, -0.2) is 31.4 Å². The molecule has 0 saturated carbocycles. The number of halogens is 2. The first-order valence-electron chi connectivity index (χ1n) is 7.30. The average Bonchev–Trinajstić information content (AvgIpc) is 3.05. The summed E-state index contributed by atoms with van der Waals surface area (Å²) in [5.74, 6) is -0.132. The SMILES string of the molecule is CC(Sc1nnnn1-c1cccc(Cl)c1)C(=O)Nc1ccc(Br)cc1. The molecule has 1 atom stereocenters. The van der Waals surface area contributed by atoms with Gasteiger partial charge >= 0.3 is 0 Å². The van der Waals surface area contributed by atoms with Gasteiger partial charge in [-0.15, -0.1) is 5.10 Å². The average molecular weight is 439 g/mol. The second-order valence-corrected chi connectivity index (χ2v) is 7.77. The van der Waals surface area contributed by atoms with Crippen molar-refractivity contribution in [3.8, 4) is 5.69 Å². The number of benzene rings is 2. The van der Waals surface area contributed by atoms with Crippen LogP contribution in [0.1, 0.15) is 6.92 Å². The molecule has 3 rings (SSSR count). The molecule has 25 heavy (non-hydrogen) atoms. The minimum Gasteiger partial charge on any atom is -0.325 e. The summed E-state index contributed by atoms with van der Waals surface area (Å²) >= 11 is 10.7. The van der Waals surface area contributed by atoms with Gasteiger partial charge in [0.25, 0.3) is 0 Å². The summed E-state index contributed by atoms with van der Waals surface area (Å²) < 4.78 is 2.51. The van der Waals surface area contributed by atoms with Crippen LogP contribution in [-0.2, 0) is 4.79 Å². The third-order valence-corrected chi connectivity index (χ3v) is 5.05. The molecule has 0 fully saturated rings. The molecule has 1 N–H and O–H groups in total. The molecular formula is C16H13BrClN5OS. The van der Waals surface area contributed by atoms with E-state index >= 15 is 0 Å². The third-order valence-electron chi connectivity index (χ3n) is 3.26. The number of aromatic nitrogens is 4. The van der Waals surface area contributed by atoms with Gasteiger partial charge in [-0.1, -0.05) is 45.4 Å². The van der Waals surface area contributed by atoms with Gasteiger partial charge in [0, 0.05) is 15.2 Å². The zero-order chi connectivity index (χ0) is 17.8. The van der Waals surface area contributed by atoms with E-state index in [1.54, 1.807) is 23.7 Å². The maximum Gasteiger partial charge on any atom is 0.237 e. The van der Waals surface area contributed by atoms with E-state index in [-0.39, 0.29) is 11.2 Å². The Labute approximate surface area is 162 Å². The fraction of sp³-hybridized carbons (Fsp3) is 0.125. The smallest absolute Gasteiger partial charge is 0.237 e. The van der Waals surface area contributed by atoms with Crippen LogP contribution >= 0.6 is 39.3 Å². The highest BCUT2D eigenvalue weighted by Gasteiger charge is 2.19. The van der Waals surface area contributed by atoms with Crippen LogP contribution in [0.25, 0.3) is 5.69 Å². The van der Waals surface area contributed by atoms with Crippen molar-refractivity contribution in [1.29, 1.82) is 0 Å². The van der Waals surface area contributed by atoms with Crippen LogP contribution < -0.4 is 5.32 Å². The van der Waals surface area contributed by atoms with Gasteiger partial charge in [0.15, 0.2) is 0 Å². The summed E-state index contributed by atoms with van der Waals surface area (Å²) in [6, 6.07) is 14.6. The summed E-state index contributed by atoms with van der Waals surface area (Å²) in [5.41, 5.74) is 1.47. The minimum atomic E-state index is -0.382. The molecule has 0 saturated heterocycles. The van der Waals surface area contributed by atoms with Gasteiger partial charge in [0.05, 0.1) is 10.9 Å². The highest BCUT2D eigenvalue weighted by Crippen LogP contribution is 2.25. The number of carbonyl (C=O) groups excluding carboxylic acids is 1. The number of nitrogens with zero attached hydrogens (tertiary/aromatic N) is 4. The first-order chi connectivity index (χ1) is 12.0. The van der Waals surface area contributed by atoms with Crippen molar-refractivity contribution >= 4 is 50.9 Å². The van der Waals surface area contributed by atoms with E-state index in [9.17, 15) is 4.79 Å². The van der Waals surface area contributed by atoms with Gasteiger partial charge in [-0.3, -0.25) is 4.79 Å². The summed E-state index contributed by atoms with van der Waals surface area (Å²) in [6.07, 6.45) is 0. The lowest BCUT2D eigenvalue weighted by atomic mass is 10.3. The van der Waals surface area contributed by atoms with Gasteiger partial charge in [0.2, 0.25) is 11.1 Å². The molecule has 1 amide bonds. The van der Waals surface area contributed by atoms with E-state index in [1.165, 1.54) is 11.8 Å². The summed E-state index contributed by atoms with van der Waals surface area (Å²) in [6.45, 7) is 1.80. The molecule has 1 aromatic heterocycles. The van der Waals surface area contributed by atoms with Crippen molar-refractivity contribution in [2.75, 3.05) is 5.32 Å². The van der Waals surface area contributed by atoms with Crippen LogP contribution in [0.3, 0.4) is 0 Å². The van der Waals surface area contributed by atoms with Crippen molar-refractivity contribution in [3.63, 3.8) is 0 Å². The third kappa shape index (κ3) is 4.59. The van der Waals surface area contributed by atoms with E-state index < -0.39 is 0 Å². The summed E-state index contributed by atoms with van der Waals surface area (Å²) in [5, 5.41) is 15.3. The number of anilines is 1. The van der Waals surface area contributed by atoms with Gasteiger partial charge in [-0.2, -0.15) is 4.68 Å². The molecule has 128 valence electrons. The topological polar surface area (TPSA) is 72.7 Å². The number of tetrazole rings is 1. The van der Waals surface area contributed by atoms with Crippen LogP contribution in [0.2, 0.25) is 5.02 Å². The van der Waals surface area contributed by atoms with E-state index in [0.717, 1.165) is 15.8 Å². The Morgan fingerprint density at radius 1 is 1.28 bits per heavy atom. The van der Waals surface area contributed by atoms with Gasteiger partial charge in [0.1, 0.15) is 0 Å². The number of thioether (sulfide) groups is 1. The highest BCUT2D eigenvalue weighted by molar-refractivity contribution is 9.10. The van der Waals surface area contributed by atoms with Crippen molar-refractivity contribution in [2.45, 2.75) is 17.3 Å². The first kappa shape index (κ1) is 17.9. The Kier molecular flexibility index (Phi) is 5.72. The standard InChI is InChI=1S/C16H13BrClN5OS/c1-10(15(24)19-13-7-5-11(17)6-8-13)25-16-20-21-22-23(16)14-4-2-3-12(18)9-14/h2-10H,1H3,(H,19,24). The van der Waals surface area contributed by atoms with Gasteiger partial charge in [-0.25, -0.2) is 0 Å². The van der Waals surface area contributed by atoms with Crippen LogP contribution in [0.15, 0.2) is 58.2 Å². The minimum absolute atomic E-state index is 0.132. The summed E-state index contributed by atoms with van der Waals surface area (Å²) in [7, 11) is 0. The second kappa shape index (κ2) is 7.99. The Bertz CT molecular complexity index is 886. The quantitative estimate of drug-likeness (QED) is 0.605. The lowest BCUT2D eigenvalue weighted by Gasteiger charge is -2.12. The predicted octanol–water partition coefficient (Wildman–Crippen LogP) is 4.20. The lowest BCUT2D eigenvalue weighted by molar-refractivity contribution is -0.115. The Morgan fingerprint density at radius 2 is 2.04 bits per heavy atom. The molecular weight excluding hydrogens is 426 g/mol. The largest absolute Gasteiger partial charge is 0.325 e. The number of nitrogens with one attached hydrogen (secondary N) is 1. The fourth-order valence-electron chi connectivity index (χ4n) is 2.01. The number of hydrogen-bond donors (Lipinski definition) is 1. The van der Waals surface area contributed by atoms with E-state index in [0.29, 0.717) is 10.2 Å². The highest BCUT2D eigenvalue weighted by atomic mass is 79.9. The Hall–Kier alpha value is -1.90. The molecule has 9 heteroatoms. The molecule has 1 heterocycles. The predicted molar refractivity (Wildman–Crippen MR) is 102 cm³/mol. The molecule has 0 aliphatic heterocycles. The Morgan fingerprint density at radius 3 is 2.76 bits per heavy atom. The number of amides is 1. The van der Waals surface area contributed by atoms with E-state index in [1.807, 2.05) is 36.4 Å². The van der Waals surface area contributed by atoms with Crippen LogP contribution in [0.4, 0.5) is 5.69 Å². The number of hydrogen-bond acceptors (Lipinski definition) is 5. The molecule has 6 nitrogen and oxygen atoms in total. The molecule has 3 aromatic rings. The molecule has 0 bridgehead atoms. The van der Waals surface area contributed by atoms with Gasteiger partial charge in [-0.05, 0) is 59.8 Å². The van der Waals surface area contributed by atoms with Crippen molar-refractivity contribution in [1.82, 2.24) is 20.2 Å². The molecule has 0 aliphatic carbocycles. The number of carbonyl (C=O) groups is 1. The maximum atomic E-state index is 12.4. The van der Waals surface area contributed by atoms with Crippen molar-refractivity contribution in [3.05, 3.63) is 58.0 Å². The molecule has 0 spiro atoms.